The summed E-state index contributed by atoms with van der Waals surface area (Å²) in [5.41, 5.74) is 0.212. The van der Waals surface area contributed by atoms with Crippen LogP contribution in [0, 0.1) is 22.7 Å². The van der Waals surface area contributed by atoms with Gasteiger partial charge in [0.05, 0.1) is 18.2 Å². The maximum Gasteiger partial charge on any atom is 0.159 e. The van der Waals surface area contributed by atoms with Crippen LogP contribution < -0.4 is 0 Å². The third-order valence-electron chi connectivity index (χ3n) is 2.02. The van der Waals surface area contributed by atoms with Crippen LogP contribution >= 0.6 is 11.8 Å². The van der Waals surface area contributed by atoms with E-state index in [1.165, 1.54) is 0 Å². The van der Waals surface area contributed by atoms with Gasteiger partial charge in [-0.1, -0.05) is 6.92 Å². The van der Waals surface area contributed by atoms with Gasteiger partial charge < -0.3 is 9.64 Å². The monoisotopic (exact) mass is 223 g/mol. The van der Waals surface area contributed by atoms with Gasteiger partial charge in [-0.05, 0) is 5.75 Å². The van der Waals surface area contributed by atoms with Crippen molar-refractivity contribution in [2.75, 3.05) is 32.1 Å². The summed E-state index contributed by atoms with van der Waals surface area (Å²) >= 11 is 1.55. The first-order chi connectivity index (χ1) is 7.33. The number of rotatable bonds is 3. The summed E-state index contributed by atoms with van der Waals surface area (Å²) in [4.78, 5) is 2.06. The molecule has 0 unspecified atom stereocenters. The zero-order chi connectivity index (χ0) is 11.1. The molecular weight excluding hydrogens is 210 g/mol. The Morgan fingerprint density at radius 2 is 1.93 bits per heavy atom. The molecule has 0 aromatic carbocycles. The van der Waals surface area contributed by atoms with Crippen molar-refractivity contribution in [1.82, 2.24) is 4.90 Å². The number of morpholine rings is 1. The molecule has 0 N–H and O–H groups in total. The van der Waals surface area contributed by atoms with E-state index in [9.17, 15) is 0 Å². The highest BCUT2D eigenvalue weighted by Gasteiger charge is 2.17. The molecule has 1 rings (SSSR count). The third-order valence-corrected chi connectivity index (χ3v) is 3.04. The van der Waals surface area contributed by atoms with Crippen LogP contribution in [-0.2, 0) is 4.74 Å². The van der Waals surface area contributed by atoms with Gasteiger partial charge in [0.25, 0.3) is 0 Å². The Hall–Kier alpha value is -1.17. The van der Waals surface area contributed by atoms with Crippen LogP contribution in [0.5, 0.6) is 0 Å². The number of hydrogen-bond acceptors (Lipinski definition) is 5. The number of nitriles is 2. The molecule has 0 bridgehead atoms. The first kappa shape index (κ1) is 11.9. The Labute approximate surface area is 94.1 Å². The number of hydrogen-bond donors (Lipinski definition) is 0. The zero-order valence-electron chi connectivity index (χ0n) is 8.69. The summed E-state index contributed by atoms with van der Waals surface area (Å²) in [6, 6.07) is 3.90. The highest BCUT2D eigenvalue weighted by Crippen LogP contribution is 2.24. The van der Waals surface area contributed by atoms with E-state index >= 15 is 0 Å². The highest BCUT2D eigenvalue weighted by atomic mass is 32.2. The summed E-state index contributed by atoms with van der Waals surface area (Å²) < 4.78 is 5.24. The van der Waals surface area contributed by atoms with Gasteiger partial charge in [0.1, 0.15) is 12.1 Å². The van der Waals surface area contributed by atoms with Crippen molar-refractivity contribution in [3.8, 4) is 12.1 Å². The van der Waals surface area contributed by atoms with E-state index in [-0.39, 0.29) is 5.57 Å². The van der Waals surface area contributed by atoms with Crippen molar-refractivity contribution in [3.05, 3.63) is 10.6 Å². The maximum atomic E-state index is 8.85. The topological polar surface area (TPSA) is 60.0 Å². The molecule has 0 saturated carbocycles. The molecule has 0 aromatic heterocycles. The minimum absolute atomic E-state index is 0.212. The van der Waals surface area contributed by atoms with Gasteiger partial charge >= 0.3 is 0 Å². The number of allylic oxidation sites excluding steroid dienone is 1. The second kappa shape index (κ2) is 6.34. The molecule has 0 amide bonds. The zero-order valence-corrected chi connectivity index (χ0v) is 9.51. The third kappa shape index (κ3) is 3.16. The SMILES string of the molecule is CCSC(=C(C#N)C#N)N1CCOCC1. The maximum absolute atomic E-state index is 8.85. The van der Waals surface area contributed by atoms with Gasteiger partial charge in [-0.15, -0.1) is 11.8 Å². The van der Waals surface area contributed by atoms with E-state index in [0.29, 0.717) is 13.2 Å². The Kier molecular flexibility index (Phi) is 5.03. The molecule has 1 heterocycles. The van der Waals surface area contributed by atoms with E-state index in [0.717, 1.165) is 23.9 Å². The average molecular weight is 223 g/mol. The first-order valence-corrected chi connectivity index (χ1v) is 5.82. The van der Waals surface area contributed by atoms with Crippen LogP contribution in [0.1, 0.15) is 6.92 Å². The Morgan fingerprint density at radius 3 is 2.40 bits per heavy atom. The van der Waals surface area contributed by atoms with E-state index in [4.69, 9.17) is 15.3 Å². The fourth-order valence-corrected chi connectivity index (χ4v) is 2.22. The lowest BCUT2D eigenvalue weighted by Crippen LogP contribution is -2.35. The fourth-order valence-electron chi connectivity index (χ4n) is 1.35. The number of ether oxygens (including phenoxy) is 1. The van der Waals surface area contributed by atoms with Crippen LogP contribution in [0.25, 0.3) is 0 Å². The van der Waals surface area contributed by atoms with Crippen molar-refractivity contribution >= 4 is 11.8 Å². The van der Waals surface area contributed by atoms with Gasteiger partial charge in [0.2, 0.25) is 0 Å². The second-order valence-electron chi connectivity index (χ2n) is 2.94. The molecule has 1 aliphatic rings. The largest absolute Gasteiger partial charge is 0.378 e. The molecule has 80 valence electrons. The molecule has 0 radical (unpaired) electrons. The summed E-state index contributed by atoms with van der Waals surface area (Å²) in [7, 11) is 0. The predicted molar refractivity (Wildman–Crippen MR) is 58.8 cm³/mol. The quantitative estimate of drug-likeness (QED) is 0.675. The standard InChI is InChI=1S/C10H13N3OS/c1-2-15-10(9(7-11)8-12)13-3-5-14-6-4-13/h2-6H2,1H3. The van der Waals surface area contributed by atoms with Gasteiger partial charge in [-0.3, -0.25) is 0 Å². The van der Waals surface area contributed by atoms with Gasteiger partial charge in [-0.25, -0.2) is 0 Å². The summed E-state index contributed by atoms with van der Waals surface area (Å²) in [5.74, 6) is 0.861. The van der Waals surface area contributed by atoms with E-state index in [1.54, 1.807) is 11.8 Å². The molecule has 1 fully saturated rings. The molecule has 0 aliphatic carbocycles. The number of nitrogens with zero attached hydrogens (tertiary/aromatic N) is 3. The first-order valence-electron chi connectivity index (χ1n) is 4.83. The van der Waals surface area contributed by atoms with Crippen LogP contribution in [0.4, 0.5) is 0 Å². The van der Waals surface area contributed by atoms with E-state index in [2.05, 4.69) is 4.90 Å². The van der Waals surface area contributed by atoms with Gasteiger partial charge in [0, 0.05) is 13.1 Å². The lowest BCUT2D eigenvalue weighted by atomic mass is 10.3. The molecule has 1 saturated heterocycles. The molecule has 0 aromatic rings. The summed E-state index contributed by atoms with van der Waals surface area (Å²) in [6.07, 6.45) is 0. The second-order valence-corrected chi connectivity index (χ2v) is 4.19. The van der Waals surface area contributed by atoms with Crippen LogP contribution in [-0.4, -0.2) is 37.0 Å². The van der Waals surface area contributed by atoms with Crippen molar-refractivity contribution in [3.63, 3.8) is 0 Å². The van der Waals surface area contributed by atoms with E-state index in [1.807, 2.05) is 19.1 Å². The highest BCUT2D eigenvalue weighted by molar-refractivity contribution is 8.03. The molecule has 0 spiro atoms. The van der Waals surface area contributed by atoms with Crippen LogP contribution in [0.15, 0.2) is 10.6 Å². The van der Waals surface area contributed by atoms with Crippen molar-refractivity contribution in [1.29, 1.82) is 10.5 Å². The van der Waals surface area contributed by atoms with Crippen LogP contribution in [0.2, 0.25) is 0 Å². The average Bonchev–Trinajstić information content (AvgIpc) is 2.30. The Morgan fingerprint density at radius 1 is 1.33 bits per heavy atom. The number of thioether (sulfide) groups is 1. The smallest absolute Gasteiger partial charge is 0.159 e. The molecule has 1 aliphatic heterocycles. The van der Waals surface area contributed by atoms with Gasteiger partial charge in [-0.2, -0.15) is 10.5 Å². The molecule has 15 heavy (non-hydrogen) atoms. The fraction of sp³-hybridized carbons (Fsp3) is 0.600. The van der Waals surface area contributed by atoms with Crippen molar-refractivity contribution in [2.45, 2.75) is 6.92 Å². The van der Waals surface area contributed by atoms with Crippen molar-refractivity contribution in [2.24, 2.45) is 0 Å². The summed E-state index contributed by atoms with van der Waals surface area (Å²) in [5, 5.41) is 18.5. The van der Waals surface area contributed by atoms with Crippen molar-refractivity contribution < 1.29 is 4.74 Å². The van der Waals surface area contributed by atoms with E-state index < -0.39 is 0 Å². The normalized spacial score (nSPS) is 15.3. The Balaban J connectivity index is 2.86. The molecule has 0 atom stereocenters. The molecular formula is C10H13N3OS. The minimum Gasteiger partial charge on any atom is -0.378 e. The lowest BCUT2D eigenvalue weighted by Gasteiger charge is -2.30. The summed E-state index contributed by atoms with van der Waals surface area (Å²) in [6.45, 7) is 4.86. The molecule has 5 heteroatoms. The lowest BCUT2D eigenvalue weighted by molar-refractivity contribution is 0.0575. The van der Waals surface area contributed by atoms with Gasteiger partial charge in [0.15, 0.2) is 5.57 Å². The predicted octanol–water partition coefficient (Wildman–Crippen LogP) is 1.33. The minimum atomic E-state index is 0.212. The molecule has 4 nitrogen and oxygen atoms in total. The Bertz CT molecular complexity index is 305. The van der Waals surface area contributed by atoms with Crippen LogP contribution in [0.3, 0.4) is 0 Å².